The molecule has 0 aromatic rings. The molecule has 120 valence electrons. The van der Waals surface area contributed by atoms with Crippen molar-refractivity contribution in [1.29, 1.82) is 0 Å². The first-order valence-corrected chi connectivity index (χ1v) is 8.33. The van der Waals surface area contributed by atoms with E-state index in [4.69, 9.17) is 5.21 Å². The van der Waals surface area contributed by atoms with Crippen molar-refractivity contribution < 1.29 is 10.0 Å². The molecular weight excluding hydrogens is 252 g/mol. The van der Waals surface area contributed by atoms with E-state index in [1.165, 1.54) is 51.4 Å². The molecule has 0 radical (unpaired) electrons. The van der Waals surface area contributed by atoms with Gasteiger partial charge in [-0.25, -0.2) is 0 Å². The van der Waals surface area contributed by atoms with Gasteiger partial charge in [0.05, 0.1) is 0 Å². The van der Waals surface area contributed by atoms with Gasteiger partial charge in [0.15, 0.2) is 0 Å². The van der Waals surface area contributed by atoms with Gasteiger partial charge in [-0.2, -0.15) is 5.06 Å². The normalized spacial score (nSPS) is 11.0. The molecule has 4 nitrogen and oxygen atoms in total. The van der Waals surface area contributed by atoms with Gasteiger partial charge in [-0.05, 0) is 12.8 Å². The Hall–Kier alpha value is -0.610. The van der Waals surface area contributed by atoms with Crippen LogP contribution in [-0.2, 0) is 4.79 Å². The number of carbonyl (C=O) groups excluding carboxylic acids is 1. The Morgan fingerprint density at radius 1 is 0.950 bits per heavy atom. The Labute approximate surface area is 124 Å². The fraction of sp³-hybridized carbons (Fsp3) is 0.938. The smallest absolute Gasteiger partial charge is 0.219 e. The molecule has 0 fully saturated rings. The molecule has 0 atom stereocenters. The number of amides is 1. The third-order valence-corrected chi connectivity index (χ3v) is 3.49. The van der Waals surface area contributed by atoms with Crippen LogP contribution < -0.4 is 5.32 Å². The molecule has 0 spiro atoms. The third kappa shape index (κ3) is 15.4. The molecule has 0 aliphatic rings. The molecule has 2 N–H and O–H groups in total. The highest BCUT2D eigenvalue weighted by Gasteiger charge is 2.00. The van der Waals surface area contributed by atoms with Crippen LogP contribution in [0.3, 0.4) is 0 Å². The van der Waals surface area contributed by atoms with Crippen LogP contribution >= 0.6 is 0 Å². The zero-order valence-electron chi connectivity index (χ0n) is 13.5. The summed E-state index contributed by atoms with van der Waals surface area (Å²) in [6, 6.07) is 0. The minimum absolute atomic E-state index is 0.147. The molecule has 20 heavy (non-hydrogen) atoms. The Morgan fingerprint density at radius 3 is 2.05 bits per heavy atom. The van der Waals surface area contributed by atoms with Crippen LogP contribution in [-0.4, -0.2) is 36.3 Å². The minimum Gasteiger partial charge on any atom is -0.356 e. The van der Waals surface area contributed by atoms with E-state index in [9.17, 15) is 4.79 Å². The Balaban J connectivity index is 3.15. The van der Waals surface area contributed by atoms with Crippen molar-refractivity contribution in [2.45, 2.75) is 77.6 Å². The molecule has 0 heterocycles. The van der Waals surface area contributed by atoms with Crippen LogP contribution in [0.15, 0.2) is 0 Å². The summed E-state index contributed by atoms with van der Waals surface area (Å²) in [4.78, 5) is 11.5. The first-order valence-electron chi connectivity index (χ1n) is 8.33. The van der Waals surface area contributed by atoms with E-state index in [0.29, 0.717) is 19.5 Å². The lowest BCUT2D eigenvalue weighted by Crippen LogP contribution is -2.26. The van der Waals surface area contributed by atoms with Crippen molar-refractivity contribution in [2.75, 3.05) is 20.1 Å². The number of hydrogen-bond acceptors (Lipinski definition) is 3. The van der Waals surface area contributed by atoms with E-state index in [1.807, 2.05) is 0 Å². The van der Waals surface area contributed by atoms with Crippen molar-refractivity contribution in [2.24, 2.45) is 0 Å². The van der Waals surface area contributed by atoms with Gasteiger partial charge in [-0.1, -0.05) is 58.3 Å². The van der Waals surface area contributed by atoms with Gasteiger partial charge in [0.2, 0.25) is 5.91 Å². The maximum atomic E-state index is 11.5. The van der Waals surface area contributed by atoms with Crippen LogP contribution in [0.4, 0.5) is 0 Å². The number of hydrogen-bond donors (Lipinski definition) is 2. The molecule has 0 aliphatic heterocycles. The zero-order chi connectivity index (χ0) is 15.1. The largest absolute Gasteiger partial charge is 0.356 e. The molecule has 0 aliphatic carbocycles. The maximum Gasteiger partial charge on any atom is 0.219 e. The van der Waals surface area contributed by atoms with E-state index in [0.717, 1.165) is 17.9 Å². The maximum absolute atomic E-state index is 11.5. The van der Waals surface area contributed by atoms with Crippen molar-refractivity contribution in [3.8, 4) is 0 Å². The number of nitrogens with one attached hydrogen (secondary N) is 1. The highest BCUT2D eigenvalue weighted by molar-refractivity contribution is 5.75. The summed E-state index contributed by atoms with van der Waals surface area (Å²) in [6.45, 7) is 3.49. The molecule has 0 bridgehead atoms. The molecular formula is C16H34N2O2. The topological polar surface area (TPSA) is 52.6 Å². The Morgan fingerprint density at radius 2 is 1.50 bits per heavy atom. The van der Waals surface area contributed by atoms with Crippen LogP contribution in [0.5, 0.6) is 0 Å². The molecule has 0 saturated heterocycles. The van der Waals surface area contributed by atoms with Crippen molar-refractivity contribution in [1.82, 2.24) is 10.4 Å². The summed E-state index contributed by atoms with van der Waals surface area (Å²) >= 11 is 0. The first-order chi connectivity index (χ1) is 9.66. The summed E-state index contributed by atoms with van der Waals surface area (Å²) in [5, 5.41) is 13.0. The molecule has 0 aromatic carbocycles. The number of carbonyl (C=O) groups is 1. The average Bonchev–Trinajstić information content (AvgIpc) is 2.41. The SMILES string of the molecule is CCCCCCCCCCCC(=O)NCCCN(C)O. The van der Waals surface area contributed by atoms with Gasteiger partial charge in [-0.3, -0.25) is 4.79 Å². The van der Waals surface area contributed by atoms with Gasteiger partial charge in [0.25, 0.3) is 0 Å². The van der Waals surface area contributed by atoms with Crippen molar-refractivity contribution in [3.63, 3.8) is 0 Å². The van der Waals surface area contributed by atoms with E-state index in [1.54, 1.807) is 7.05 Å². The van der Waals surface area contributed by atoms with E-state index in [-0.39, 0.29) is 5.91 Å². The number of hydroxylamine groups is 2. The zero-order valence-corrected chi connectivity index (χ0v) is 13.5. The van der Waals surface area contributed by atoms with Gasteiger partial charge < -0.3 is 10.5 Å². The number of unbranched alkanes of at least 4 members (excludes halogenated alkanes) is 8. The molecule has 1 amide bonds. The van der Waals surface area contributed by atoms with Gasteiger partial charge in [-0.15, -0.1) is 0 Å². The van der Waals surface area contributed by atoms with Gasteiger partial charge >= 0.3 is 0 Å². The first kappa shape index (κ1) is 19.4. The number of nitrogens with zero attached hydrogens (tertiary/aromatic N) is 1. The summed E-state index contributed by atoms with van der Waals surface area (Å²) in [5.74, 6) is 0.147. The standard InChI is InChI=1S/C16H34N2O2/c1-3-4-5-6-7-8-9-10-11-13-16(19)17-14-12-15-18(2)20/h20H,3-15H2,1-2H3,(H,17,19). The number of rotatable bonds is 14. The molecule has 0 saturated carbocycles. The molecule has 0 rings (SSSR count). The quantitative estimate of drug-likeness (QED) is 0.378. The predicted molar refractivity (Wildman–Crippen MR) is 83.9 cm³/mol. The van der Waals surface area contributed by atoms with E-state index in [2.05, 4.69) is 12.2 Å². The van der Waals surface area contributed by atoms with Crippen LogP contribution in [0.1, 0.15) is 77.6 Å². The van der Waals surface area contributed by atoms with Gasteiger partial charge in [0.1, 0.15) is 0 Å². The lowest BCUT2D eigenvalue weighted by Gasteiger charge is -2.08. The van der Waals surface area contributed by atoms with Crippen LogP contribution in [0.2, 0.25) is 0 Å². The lowest BCUT2D eigenvalue weighted by molar-refractivity contribution is -0.121. The second-order valence-corrected chi connectivity index (χ2v) is 5.66. The Kier molecular flexibility index (Phi) is 14.3. The van der Waals surface area contributed by atoms with Gasteiger partial charge in [0, 0.05) is 26.6 Å². The average molecular weight is 286 g/mol. The van der Waals surface area contributed by atoms with Crippen LogP contribution in [0.25, 0.3) is 0 Å². The second kappa shape index (κ2) is 14.8. The predicted octanol–water partition coefficient (Wildman–Crippen LogP) is 3.73. The third-order valence-electron chi connectivity index (χ3n) is 3.49. The van der Waals surface area contributed by atoms with E-state index >= 15 is 0 Å². The highest BCUT2D eigenvalue weighted by Crippen LogP contribution is 2.10. The summed E-state index contributed by atoms with van der Waals surface area (Å²) < 4.78 is 0. The second-order valence-electron chi connectivity index (χ2n) is 5.66. The molecule has 0 aromatic heterocycles. The lowest BCUT2D eigenvalue weighted by atomic mass is 10.1. The fourth-order valence-electron chi connectivity index (χ4n) is 2.22. The fourth-order valence-corrected chi connectivity index (χ4v) is 2.22. The monoisotopic (exact) mass is 286 g/mol. The van der Waals surface area contributed by atoms with E-state index < -0.39 is 0 Å². The van der Waals surface area contributed by atoms with Crippen molar-refractivity contribution >= 4 is 5.91 Å². The summed E-state index contributed by atoms with van der Waals surface area (Å²) in [6.07, 6.45) is 12.9. The minimum atomic E-state index is 0.147. The summed E-state index contributed by atoms with van der Waals surface area (Å²) in [7, 11) is 1.62. The summed E-state index contributed by atoms with van der Waals surface area (Å²) in [5.41, 5.74) is 0. The highest BCUT2D eigenvalue weighted by atomic mass is 16.5. The Bertz CT molecular complexity index is 221. The van der Waals surface area contributed by atoms with Crippen LogP contribution in [0, 0.1) is 0 Å². The van der Waals surface area contributed by atoms with Crippen molar-refractivity contribution in [3.05, 3.63) is 0 Å². The molecule has 0 unspecified atom stereocenters. The molecule has 4 heteroatoms.